The standard InChI is InChI=1S/C16H20N6O/c1-12-4-3-5-22-13(8-17-15(12)22)9-21-6-7-23-14(10-21)16-19-18-11-20(16)2/h3-5,8,11,14H,6-7,9-10H2,1-2H3/t14-/m0/s1. The molecule has 1 fully saturated rings. The number of fused-ring (bicyclic) bond motifs is 1. The van der Waals surface area contributed by atoms with Crippen LogP contribution in [0.15, 0.2) is 30.9 Å². The van der Waals surface area contributed by atoms with Crippen LogP contribution in [0.2, 0.25) is 0 Å². The number of ether oxygens (including phenoxy) is 1. The van der Waals surface area contributed by atoms with Gasteiger partial charge in [0.1, 0.15) is 18.1 Å². The predicted molar refractivity (Wildman–Crippen MR) is 84.9 cm³/mol. The fourth-order valence-electron chi connectivity index (χ4n) is 3.13. The van der Waals surface area contributed by atoms with Gasteiger partial charge in [0.25, 0.3) is 0 Å². The molecule has 7 nitrogen and oxygen atoms in total. The lowest BCUT2D eigenvalue weighted by molar-refractivity contribution is -0.0389. The zero-order chi connectivity index (χ0) is 15.8. The molecule has 23 heavy (non-hydrogen) atoms. The van der Waals surface area contributed by atoms with Crippen LogP contribution in [0.5, 0.6) is 0 Å². The molecule has 4 heterocycles. The van der Waals surface area contributed by atoms with Gasteiger partial charge < -0.3 is 13.7 Å². The molecule has 0 saturated carbocycles. The Morgan fingerprint density at radius 2 is 2.30 bits per heavy atom. The lowest BCUT2D eigenvalue weighted by Gasteiger charge is -2.32. The maximum Gasteiger partial charge on any atom is 0.163 e. The zero-order valence-electron chi connectivity index (χ0n) is 13.4. The van der Waals surface area contributed by atoms with E-state index in [1.54, 1.807) is 6.33 Å². The van der Waals surface area contributed by atoms with E-state index in [-0.39, 0.29) is 6.10 Å². The maximum atomic E-state index is 5.87. The van der Waals surface area contributed by atoms with Crippen LogP contribution in [-0.4, -0.2) is 48.7 Å². The van der Waals surface area contributed by atoms with Crippen LogP contribution in [-0.2, 0) is 18.3 Å². The molecule has 0 aromatic carbocycles. The molecule has 7 heteroatoms. The van der Waals surface area contributed by atoms with Crippen molar-refractivity contribution in [2.45, 2.75) is 19.6 Å². The highest BCUT2D eigenvalue weighted by Crippen LogP contribution is 2.21. The van der Waals surface area contributed by atoms with E-state index >= 15 is 0 Å². The first kappa shape index (κ1) is 14.3. The number of imidazole rings is 1. The SMILES string of the molecule is Cc1cccn2c(CN3CCO[C@H](c4nncn4C)C3)cnc12. The van der Waals surface area contributed by atoms with Crippen LogP contribution in [0.4, 0.5) is 0 Å². The molecule has 0 unspecified atom stereocenters. The maximum absolute atomic E-state index is 5.87. The first-order valence-corrected chi connectivity index (χ1v) is 7.82. The largest absolute Gasteiger partial charge is 0.368 e. The predicted octanol–water partition coefficient (Wildman–Crippen LogP) is 1.34. The van der Waals surface area contributed by atoms with Crippen LogP contribution in [0, 0.1) is 6.92 Å². The highest BCUT2D eigenvalue weighted by molar-refractivity contribution is 5.48. The summed E-state index contributed by atoms with van der Waals surface area (Å²) in [5.41, 5.74) is 3.42. The van der Waals surface area contributed by atoms with Crippen molar-refractivity contribution in [1.82, 2.24) is 29.0 Å². The highest BCUT2D eigenvalue weighted by atomic mass is 16.5. The van der Waals surface area contributed by atoms with Gasteiger partial charge in [0.15, 0.2) is 5.82 Å². The molecule has 0 amide bonds. The third-order valence-corrected chi connectivity index (χ3v) is 4.38. The van der Waals surface area contributed by atoms with Crippen molar-refractivity contribution in [2.24, 2.45) is 7.05 Å². The summed E-state index contributed by atoms with van der Waals surface area (Å²) in [7, 11) is 1.95. The van der Waals surface area contributed by atoms with E-state index in [2.05, 4.69) is 49.7 Å². The van der Waals surface area contributed by atoms with Crippen molar-refractivity contribution in [3.05, 3.63) is 47.9 Å². The second-order valence-electron chi connectivity index (χ2n) is 6.03. The van der Waals surface area contributed by atoms with Gasteiger partial charge in [0.2, 0.25) is 0 Å². The average molecular weight is 312 g/mol. The van der Waals surface area contributed by atoms with Crippen LogP contribution < -0.4 is 0 Å². The van der Waals surface area contributed by atoms with Crippen LogP contribution >= 0.6 is 0 Å². The Morgan fingerprint density at radius 1 is 1.39 bits per heavy atom. The van der Waals surface area contributed by atoms with Gasteiger partial charge in [0, 0.05) is 32.9 Å². The van der Waals surface area contributed by atoms with Crippen LogP contribution in [0.1, 0.15) is 23.2 Å². The number of aromatic nitrogens is 5. The fourth-order valence-corrected chi connectivity index (χ4v) is 3.13. The molecule has 0 aliphatic carbocycles. The smallest absolute Gasteiger partial charge is 0.163 e. The van der Waals surface area contributed by atoms with E-state index in [9.17, 15) is 0 Å². The highest BCUT2D eigenvalue weighted by Gasteiger charge is 2.26. The first-order chi connectivity index (χ1) is 11.2. The Labute approximate surface area is 134 Å². The molecule has 0 radical (unpaired) electrons. The summed E-state index contributed by atoms with van der Waals surface area (Å²) in [6.07, 6.45) is 5.72. The van der Waals surface area contributed by atoms with Gasteiger partial charge >= 0.3 is 0 Å². The summed E-state index contributed by atoms with van der Waals surface area (Å²) >= 11 is 0. The molecule has 3 aromatic rings. The van der Waals surface area contributed by atoms with Crippen molar-refractivity contribution in [1.29, 1.82) is 0 Å². The van der Waals surface area contributed by atoms with Crippen molar-refractivity contribution < 1.29 is 4.74 Å². The molecule has 120 valence electrons. The minimum absolute atomic E-state index is 0.0304. The number of aryl methyl sites for hydroxylation is 2. The summed E-state index contributed by atoms with van der Waals surface area (Å²) in [5, 5.41) is 8.12. The van der Waals surface area contributed by atoms with Crippen molar-refractivity contribution in [3.63, 3.8) is 0 Å². The molecule has 3 aromatic heterocycles. The molecule has 1 aliphatic heterocycles. The third-order valence-electron chi connectivity index (χ3n) is 4.38. The Kier molecular flexibility index (Phi) is 3.59. The monoisotopic (exact) mass is 312 g/mol. The number of hydrogen-bond donors (Lipinski definition) is 0. The quantitative estimate of drug-likeness (QED) is 0.730. The normalized spacial score (nSPS) is 19.5. The van der Waals surface area contributed by atoms with E-state index < -0.39 is 0 Å². The molecule has 0 spiro atoms. The molecule has 1 aliphatic rings. The number of rotatable bonds is 3. The summed E-state index contributed by atoms with van der Waals surface area (Å²) in [5.74, 6) is 0.878. The number of hydrogen-bond acceptors (Lipinski definition) is 5. The van der Waals surface area contributed by atoms with Crippen molar-refractivity contribution in [3.8, 4) is 0 Å². The van der Waals surface area contributed by atoms with Crippen LogP contribution in [0.25, 0.3) is 5.65 Å². The van der Waals surface area contributed by atoms with E-state index in [0.29, 0.717) is 6.61 Å². The summed E-state index contributed by atoms with van der Waals surface area (Å²) in [6, 6.07) is 4.15. The van der Waals surface area contributed by atoms with E-state index in [4.69, 9.17) is 4.74 Å². The minimum atomic E-state index is -0.0304. The van der Waals surface area contributed by atoms with Gasteiger partial charge in [-0.3, -0.25) is 4.90 Å². The Balaban J connectivity index is 1.54. The molecule has 1 atom stereocenters. The summed E-state index contributed by atoms with van der Waals surface area (Å²) in [4.78, 5) is 6.93. The van der Waals surface area contributed by atoms with Crippen LogP contribution in [0.3, 0.4) is 0 Å². The molecule has 0 N–H and O–H groups in total. The Hall–Kier alpha value is -2.25. The zero-order valence-corrected chi connectivity index (χ0v) is 13.4. The first-order valence-electron chi connectivity index (χ1n) is 7.82. The summed E-state index contributed by atoms with van der Waals surface area (Å²) in [6.45, 7) is 5.36. The molecular weight excluding hydrogens is 292 g/mol. The molecular formula is C16H20N6O. The molecule has 0 bridgehead atoms. The minimum Gasteiger partial charge on any atom is -0.368 e. The Morgan fingerprint density at radius 3 is 3.13 bits per heavy atom. The lowest BCUT2D eigenvalue weighted by atomic mass is 10.2. The second-order valence-corrected chi connectivity index (χ2v) is 6.03. The topological polar surface area (TPSA) is 60.5 Å². The number of pyridine rings is 1. The van der Waals surface area contributed by atoms with Gasteiger partial charge in [-0.25, -0.2) is 4.98 Å². The van der Waals surface area contributed by atoms with Crippen molar-refractivity contribution in [2.75, 3.05) is 19.7 Å². The molecule has 1 saturated heterocycles. The Bertz CT molecular complexity index is 823. The van der Waals surface area contributed by atoms with Gasteiger partial charge in [-0.1, -0.05) is 6.07 Å². The van der Waals surface area contributed by atoms with Gasteiger partial charge in [-0.2, -0.15) is 0 Å². The lowest BCUT2D eigenvalue weighted by Crippen LogP contribution is -2.38. The molecule has 4 rings (SSSR count). The van der Waals surface area contributed by atoms with E-state index in [0.717, 1.165) is 31.1 Å². The van der Waals surface area contributed by atoms with Gasteiger partial charge in [0.05, 0.1) is 18.5 Å². The summed E-state index contributed by atoms with van der Waals surface area (Å²) < 4.78 is 9.96. The number of nitrogens with zero attached hydrogens (tertiary/aromatic N) is 6. The third kappa shape index (κ3) is 2.62. The van der Waals surface area contributed by atoms with E-state index in [1.165, 1.54) is 11.3 Å². The average Bonchev–Trinajstić information content (AvgIpc) is 3.15. The number of morpholine rings is 1. The second kappa shape index (κ2) is 5.75. The van der Waals surface area contributed by atoms with E-state index in [1.807, 2.05) is 17.8 Å². The van der Waals surface area contributed by atoms with Gasteiger partial charge in [-0.05, 0) is 18.6 Å². The van der Waals surface area contributed by atoms with Gasteiger partial charge in [-0.15, -0.1) is 10.2 Å². The fraction of sp³-hybridized carbons (Fsp3) is 0.438. The van der Waals surface area contributed by atoms with Crippen molar-refractivity contribution >= 4 is 5.65 Å².